The number of carbonyl (C=O) groups excluding carboxylic acids is 2. The van der Waals surface area contributed by atoms with E-state index < -0.39 is 6.04 Å². The number of hydrogen-bond acceptors (Lipinski definition) is 5. The van der Waals surface area contributed by atoms with Crippen LogP contribution in [0.25, 0.3) is 0 Å². The van der Waals surface area contributed by atoms with Crippen LogP contribution in [0.5, 0.6) is 0 Å². The molecular formula is C21H21ClN4O2S. The minimum absolute atomic E-state index is 0.108. The second-order valence-corrected chi connectivity index (χ2v) is 8.35. The molecule has 1 aromatic heterocycles. The summed E-state index contributed by atoms with van der Waals surface area (Å²) < 4.78 is 0. The molecule has 6 nitrogen and oxygen atoms in total. The lowest BCUT2D eigenvalue weighted by Crippen LogP contribution is -2.47. The van der Waals surface area contributed by atoms with Crippen LogP contribution in [-0.2, 0) is 11.2 Å². The number of anilines is 1. The monoisotopic (exact) mass is 428 g/mol. The molecule has 0 unspecified atom stereocenters. The molecule has 2 N–H and O–H groups in total. The highest BCUT2D eigenvalue weighted by Gasteiger charge is 2.25. The van der Waals surface area contributed by atoms with Gasteiger partial charge in [-0.25, -0.2) is 0 Å². The lowest BCUT2D eigenvalue weighted by molar-refractivity contribution is -0.118. The molecule has 0 fully saturated rings. The molecule has 1 atom stereocenters. The number of aromatic nitrogens is 2. The Bertz CT molecular complexity index is 974. The van der Waals surface area contributed by atoms with Gasteiger partial charge in [0.25, 0.3) is 5.91 Å². The number of halogens is 1. The number of rotatable bonds is 7. The predicted molar refractivity (Wildman–Crippen MR) is 115 cm³/mol. The minimum atomic E-state index is -0.709. The van der Waals surface area contributed by atoms with Crippen LogP contribution in [0, 0.1) is 5.92 Å². The van der Waals surface area contributed by atoms with Crippen LogP contribution >= 0.6 is 22.9 Å². The average Bonchev–Trinajstić information content (AvgIpc) is 3.13. The van der Waals surface area contributed by atoms with E-state index in [4.69, 9.17) is 11.6 Å². The molecule has 150 valence electrons. The largest absolute Gasteiger partial charge is 0.340 e. The van der Waals surface area contributed by atoms with Gasteiger partial charge in [-0.2, -0.15) is 0 Å². The second kappa shape index (κ2) is 9.62. The minimum Gasteiger partial charge on any atom is -0.340 e. The van der Waals surface area contributed by atoms with E-state index in [0.717, 1.165) is 10.6 Å². The molecule has 3 aromatic rings. The first kappa shape index (κ1) is 21.0. The van der Waals surface area contributed by atoms with Gasteiger partial charge in [-0.1, -0.05) is 67.1 Å². The van der Waals surface area contributed by atoms with Crippen LogP contribution in [0.3, 0.4) is 0 Å². The number of hydrogen-bond donors (Lipinski definition) is 2. The summed E-state index contributed by atoms with van der Waals surface area (Å²) >= 11 is 7.18. The fourth-order valence-corrected chi connectivity index (χ4v) is 3.59. The highest BCUT2D eigenvalue weighted by molar-refractivity contribution is 7.15. The molecule has 0 bridgehead atoms. The van der Waals surface area contributed by atoms with Crippen molar-refractivity contribution in [3.63, 3.8) is 0 Å². The maximum absolute atomic E-state index is 12.7. The Morgan fingerprint density at radius 3 is 2.38 bits per heavy atom. The van der Waals surface area contributed by atoms with Gasteiger partial charge in [-0.05, 0) is 35.7 Å². The normalized spacial score (nSPS) is 11.9. The van der Waals surface area contributed by atoms with E-state index in [1.165, 1.54) is 11.3 Å². The van der Waals surface area contributed by atoms with Crippen LogP contribution in [0.1, 0.15) is 34.8 Å². The first-order chi connectivity index (χ1) is 13.9. The molecule has 0 radical (unpaired) electrons. The molecule has 8 heteroatoms. The highest BCUT2D eigenvalue weighted by atomic mass is 35.5. The van der Waals surface area contributed by atoms with Crippen LogP contribution in [0.15, 0.2) is 54.6 Å². The summed E-state index contributed by atoms with van der Waals surface area (Å²) in [6.07, 6.45) is 0.648. The van der Waals surface area contributed by atoms with E-state index in [1.54, 1.807) is 24.3 Å². The molecule has 0 aliphatic heterocycles. The second-order valence-electron chi connectivity index (χ2n) is 6.85. The third kappa shape index (κ3) is 5.85. The molecular weight excluding hydrogens is 408 g/mol. The zero-order chi connectivity index (χ0) is 20.8. The van der Waals surface area contributed by atoms with E-state index in [9.17, 15) is 9.59 Å². The molecule has 0 saturated carbocycles. The summed E-state index contributed by atoms with van der Waals surface area (Å²) in [6, 6.07) is 15.7. The SMILES string of the molecule is CC(C)[C@@H](NC(=O)c1ccc(Cl)cc1)C(=O)Nc1nnc(Cc2ccccc2)s1. The number of amides is 2. The Balaban J connectivity index is 1.64. The van der Waals surface area contributed by atoms with E-state index >= 15 is 0 Å². The quantitative estimate of drug-likeness (QED) is 0.591. The lowest BCUT2D eigenvalue weighted by Gasteiger charge is -2.21. The highest BCUT2D eigenvalue weighted by Crippen LogP contribution is 2.19. The Labute approximate surface area is 178 Å². The van der Waals surface area contributed by atoms with Gasteiger partial charge in [0.05, 0.1) is 0 Å². The standard InChI is InChI=1S/C21H21ClN4O2S/c1-13(2)18(23-19(27)15-8-10-16(22)11-9-15)20(28)24-21-26-25-17(29-21)12-14-6-4-3-5-7-14/h3-11,13,18H,12H2,1-2H3,(H,23,27)(H,24,26,28)/t18-/m1/s1. The molecule has 29 heavy (non-hydrogen) atoms. The smallest absolute Gasteiger partial charge is 0.251 e. The molecule has 2 aromatic carbocycles. The summed E-state index contributed by atoms with van der Waals surface area (Å²) in [7, 11) is 0. The maximum atomic E-state index is 12.7. The third-order valence-corrected chi connectivity index (χ3v) is 5.33. The van der Waals surface area contributed by atoms with Gasteiger partial charge in [0.1, 0.15) is 11.0 Å². The summed E-state index contributed by atoms with van der Waals surface area (Å²) in [5.74, 6) is -0.773. The topological polar surface area (TPSA) is 84.0 Å². The fourth-order valence-electron chi connectivity index (χ4n) is 2.69. The maximum Gasteiger partial charge on any atom is 0.251 e. The fraction of sp³-hybridized carbons (Fsp3) is 0.238. The molecule has 0 aliphatic rings. The van der Waals surface area contributed by atoms with Crippen molar-refractivity contribution in [1.29, 1.82) is 0 Å². The van der Waals surface area contributed by atoms with Crippen LogP contribution < -0.4 is 10.6 Å². The lowest BCUT2D eigenvalue weighted by atomic mass is 10.0. The van der Waals surface area contributed by atoms with Crippen LogP contribution in [0.4, 0.5) is 5.13 Å². The van der Waals surface area contributed by atoms with Crippen LogP contribution in [0.2, 0.25) is 5.02 Å². The van der Waals surface area contributed by atoms with Crippen molar-refractivity contribution in [2.24, 2.45) is 5.92 Å². The van der Waals surface area contributed by atoms with Crippen molar-refractivity contribution in [2.45, 2.75) is 26.3 Å². The van der Waals surface area contributed by atoms with Crippen molar-refractivity contribution in [2.75, 3.05) is 5.32 Å². The summed E-state index contributed by atoms with van der Waals surface area (Å²) in [5.41, 5.74) is 1.56. The Morgan fingerprint density at radius 1 is 1.03 bits per heavy atom. The Kier molecular flexibility index (Phi) is 6.95. The van der Waals surface area contributed by atoms with E-state index in [-0.39, 0.29) is 17.7 Å². The first-order valence-electron chi connectivity index (χ1n) is 9.16. The molecule has 0 aliphatic carbocycles. The Morgan fingerprint density at radius 2 is 1.72 bits per heavy atom. The average molecular weight is 429 g/mol. The van der Waals surface area contributed by atoms with E-state index in [2.05, 4.69) is 20.8 Å². The van der Waals surface area contributed by atoms with Gasteiger partial charge in [0.2, 0.25) is 11.0 Å². The van der Waals surface area contributed by atoms with Gasteiger partial charge in [0, 0.05) is 17.0 Å². The third-order valence-electron chi connectivity index (χ3n) is 4.24. The van der Waals surface area contributed by atoms with Crippen molar-refractivity contribution < 1.29 is 9.59 Å². The number of nitrogens with zero attached hydrogens (tertiary/aromatic N) is 2. The molecule has 0 spiro atoms. The molecule has 0 saturated heterocycles. The molecule has 2 amide bonds. The van der Waals surface area contributed by atoms with Crippen molar-refractivity contribution in [1.82, 2.24) is 15.5 Å². The predicted octanol–water partition coefficient (Wildman–Crippen LogP) is 4.18. The summed E-state index contributed by atoms with van der Waals surface area (Å²) in [5, 5.41) is 15.5. The summed E-state index contributed by atoms with van der Waals surface area (Å²) in [4.78, 5) is 25.2. The number of nitrogens with one attached hydrogen (secondary N) is 2. The van der Waals surface area contributed by atoms with Gasteiger partial charge in [-0.15, -0.1) is 10.2 Å². The van der Waals surface area contributed by atoms with Crippen LogP contribution in [-0.4, -0.2) is 28.1 Å². The van der Waals surface area contributed by atoms with E-state index in [1.807, 2.05) is 44.2 Å². The first-order valence-corrected chi connectivity index (χ1v) is 10.4. The summed E-state index contributed by atoms with van der Waals surface area (Å²) in [6.45, 7) is 3.74. The zero-order valence-electron chi connectivity index (χ0n) is 16.1. The van der Waals surface area contributed by atoms with Crippen molar-refractivity contribution >= 4 is 39.9 Å². The Hall–Kier alpha value is -2.77. The van der Waals surface area contributed by atoms with Crippen molar-refractivity contribution in [3.05, 3.63) is 75.8 Å². The van der Waals surface area contributed by atoms with Gasteiger partial charge < -0.3 is 5.32 Å². The molecule has 1 heterocycles. The number of benzene rings is 2. The van der Waals surface area contributed by atoms with Gasteiger partial charge >= 0.3 is 0 Å². The zero-order valence-corrected chi connectivity index (χ0v) is 17.6. The van der Waals surface area contributed by atoms with Crippen molar-refractivity contribution in [3.8, 4) is 0 Å². The van der Waals surface area contributed by atoms with Gasteiger partial charge in [-0.3, -0.25) is 14.9 Å². The van der Waals surface area contributed by atoms with Gasteiger partial charge in [0.15, 0.2) is 0 Å². The van der Waals surface area contributed by atoms with E-state index in [0.29, 0.717) is 22.1 Å². The molecule has 3 rings (SSSR count). The number of carbonyl (C=O) groups is 2.